The lowest BCUT2D eigenvalue weighted by Gasteiger charge is -2.20. The lowest BCUT2D eigenvalue weighted by Crippen LogP contribution is -2.37. The highest BCUT2D eigenvalue weighted by atomic mass is 79.9. The minimum Gasteiger partial charge on any atom is -0.480 e. The third-order valence-electron chi connectivity index (χ3n) is 2.76. The Morgan fingerprint density at radius 1 is 1.44 bits per heavy atom. The summed E-state index contributed by atoms with van der Waals surface area (Å²) in [7, 11) is 0. The van der Waals surface area contributed by atoms with Crippen molar-refractivity contribution in [2.45, 2.75) is 12.8 Å². The molecule has 0 saturated heterocycles. The molecule has 1 fully saturated rings. The fraction of sp³-hybridized carbons (Fsp3) is 0.417. The standard InChI is InChI=1S/C12H13BrN2O3/c13-10-4-3-9(5-14-10)12(18)15(7-11(16)17)6-8-1-2-8/h3-5,8H,1-2,6-7H2,(H,16,17). The summed E-state index contributed by atoms with van der Waals surface area (Å²) in [4.78, 5) is 28.3. The van der Waals surface area contributed by atoms with E-state index in [0.717, 1.165) is 12.8 Å². The first-order valence-electron chi connectivity index (χ1n) is 5.69. The van der Waals surface area contributed by atoms with Crippen molar-refractivity contribution in [1.29, 1.82) is 0 Å². The smallest absolute Gasteiger partial charge is 0.323 e. The summed E-state index contributed by atoms with van der Waals surface area (Å²) >= 11 is 3.19. The molecule has 1 N–H and O–H groups in total. The van der Waals surface area contributed by atoms with E-state index in [9.17, 15) is 9.59 Å². The molecule has 0 spiro atoms. The van der Waals surface area contributed by atoms with Crippen LogP contribution in [0.5, 0.6) is 0 Å². The van der Waals surface area contributed by atoms with Crippen LogP contribution in [-0.4, -0.2) is 40.0 Å². The normalized spacial score (nSPS) is 14.3. The van der Waals surface area contributed by atoms with Crippen molar-refractivity contribution < 1.29 is 14.7 Å². The van der Waals surface area contributed by atoms with Gasteiger partial charge in [0.25, 0.3) is 5.91 Å². The van der Waals surface area contributed by atoms with Crippen molar-refractivity contribution in [3.8, 4) is 0 Å². The maximum Gasteiger partial charge on any atom is 0.323 e. The van der Waals surface area contributed by atoms with Crippen LogP contribution in [0, 0.1) is 5.92 Å². The van der Waals surface area contributed by atoms with Crippen LogP contribution in [-0.2, 0) is 4.79 Å². The molecular formula is C12H13BrN2O3. The zero-order chi connectivity index (χ0) is 13.1. The highest BCUT2D eigenvalue weighted by Crippen LogP contribution is 2.30. The van der Waals surface area contributed by atoms with Crippen LogP contribution in [0.25, 0.3) is 0 Å². The van der Waals surface area contributed by atoms with Gasteiger partial charge in [0.2, 0.25) is 0 Å². The molecule has 1 saturated carbocycles. The Morgan fingerprint density at radius 3 is 2.67 bits per heavy atom. The number of nitrogens with zero attached hydrogens (tertiary/aromatic N) is 2. The van der Waals surface area contributed by atoms with E-state index in [1.807, 2.05) is 0 Å². The number of aliphatic carboxylic acids is 1. The lowest BCUT2D eigenvalue weighted by atomic mass is 10.2. The number of carboxylic acid groups (broad SMARTS) is 1. The number of halogens is 1. The number of amides is 1. The molecule has 0 unspecified atom stereocenters. The number of carbonyl (C=O) groups is 2. The highest BCUT2D eigenvalue weighted by Gasteiger charge is 2.28. The van der Waals surface area contributed by atoms with Gasteiger partial charge in [-0.25, -0.2) is 4.98 Å². The molecule has 1 aliphatic carbocycles. The molecule has 0 radical (unpaired) electrons. The van der Waals surface area contributed by atoms with E-state index in [4.69, 9.17) is 5.11 Å². The zero-order valence-electron chi connectivity index (χ0n) is 9.67. The van der Waals surface area contributed by atoms with Gasteiger partial charge < -0.3 is 10.0 Å². The quantitative estimate of drug-likeness (QED) is 0.841. The van der Waals surface area contributed by atoms with Gasteiger partial charge in [0.05, 0.1) is 5.56 Å². The second kappa shape index (κ2) is 5.48. The van der Waals surface area contributed by atoms with Crippen molar-refractivity contribution in [1.82, 2.24) is 9.88 Å². The number of hydrogen-bond donors (Lipinski definition) is 1. The first-order chi connectivity index (χ1) is 8.56. The van der Waals surface area contributed by atoms with Gasteiger partial charge in [-0.05, 0) is 46.8 Å². The summed E-state index contributed by atoms with van der Waals surface area (Å²) in [5.74, 6) is -0.810. The van der Waals surface area contributed by atoms with Gasteiger partial charge in [-0.2, -0.15) is 0 Å². The molecular weight excluding hydrogens is 300 g/mol. The molecule has 96 valence electrons. The number of carboxylic acids is 1. The molecule has 5 nitrogen and oxygen atoms in total. The Bertz CT molecular complexity index is 457. The van der Waals surface area contributed by atoms with Crippen molar-refractivity contribution in [3.05, 3.63) is 28.5 Å². The van der Waals surface area contributed by atoms with Crippen LogP contribution in [0.3, 0.4) is 0 Å². The predicted molar refractivity (Wildman–Crippen MR) is 68.2 cm³/mol. The number of hydrogen-bond acceptors (Lipinski definition) is 3. The lowest BCUT2D eigenvalue weighted by molar-refractivity contribution is -0.137. The fourth-order valence-electron chi connectivity index (χ4n) is 1.68. The van der Waals surface area contributed by atoms with E-state index < -0.39 is 5.97 Å². The molecule has 0 aliphatic heterocycles. The average molecular weight is 313 g/mol. The largest absolute Gasteiger partial charge is 0.480 e. The number of pyridine rings is 1. The second-order valence-corrected chi connectivity index (χ2v) is 5.20. The minimum absolute atomic E-state index is 0.259. The Hall–Kier alpha value is -1.43. The molecule has 0 atom stereocenters. The summed E-state index contributed by atoms with van der Waals surface area (Å²) in [6, 6.07) is 3.31. The summed E-state index contributed by atoms with van der Waals surface area (Å²) in [5.41, 5.74) is 0.417. The zero-order valence-corrected chi connectivity index (χ0v) is 11.3. The van der Waals surface area contributed by atoms with E-state index in [-0.39, 0.29) is 12.5 Å². The summed E-state index contributed by atoms with van der Waals surface area (Å²) in [6.45, 7) is 0.257. The molecule has 1 aromatic rings. The van der Waals surface area contributed by atoms with E-state index in [1.54, 1.807) is 12.1 Å². The Balaban J connectivity index is 2.10. The van der Waals surface area contributed by atoms with Crippen LogP contribution in [0.4, 0.5) is 0 Å². The van der Waals surface area contributed by atoms with Crippen LogP contribution >= 0.6 is 15.9 Å². The fourth-order valence-corrected chi connectivity index (χ4v) is 1.91. The maximum atomic E-state index is 12.2. The molecule has 2 rings (SSSR count). The molecule has 1 aromatic heterocycles. The maximum absolute atomic E-state index is 12.2. The van der Waals surface area contributed by atoms with Crippen molar-refractivity contribution >= 4 is 27.8 Å². The summed E-state index contributed by atoms with van der Waals surface area (Å²) in [5, 5.41) is 8.84. The Kier molecular flexibility index (Phi) is 3.96. The summed E-state index contributed by atoms with van der Waals surface area (Å²) in [6.07, 6.45) is 3.60. The molecule has 1 aliphatic rings. The molecule has 0 aromatic carbocycles. The molecule has 1 heterocycles. The van der Waals surface area contributed by atoms with E-state index in [1.165, 1.54) is 11.1 Å². The van der Waals surface area contributed by atoms with Crippen molar-refractivity contribution in [3.63, 3.8) is 0 Å². The Morgan fingerprint density at radius 2 is 2.17 bits per heavy atom. The molecule has 1 amide bonds. The predicted octanol–water partition coefficient (Wildman–Crippen LogP) is 1.78. The third kappa shape index (κ3) is 3.53. The van der Waals surface area contributed by atoms with Gasteiger partial charge in [0.15, 0.2) is 0 Å². The number of rotatable bonds is 5. The minimum atomic E-state index is -0.992. The monoisotopic (exact) mass is 312 g/mol. The molecule has 18 heavy (non-hydrogen) atoms. The number of carbonyl (C=O) groups excluding carboxylic acids is 1. The van der Waals surface area contributed by atoms with Gasteiger partial charge in [-0.15, -0.1) is 0 Å². The molecule has 0 bridgehead atoms. The van der Waals surface area contributed by atoms with Gasteiger partial charge in [-0.1, -0.05) is 0 Å². The van der Waals surface area contributed by atoms with Gasteiger partial charge in [-0.3, -0.25) is 9.59 Å². The van der Waals surface area contributed by atoms with Crippen LogP contribution in [0.1, 0.15) is 23.2 Å². The third-order valence-corrected chi connectivity index (χ3v) is 3.23. The number of aromatic nitrogens is 1. The van der Waals surface area contributed by atoms with Crippen molar-refractivity contribution in [2.75, 3.05) is 13.1 Å². The van der Waals surface area contributed by atoms with E-state index in [0.29, 0.717) is 22.6 Å². The Labute approximate surface area is 113 Å². The van der Waals surface area contributed by atoms with Gasteiger partial charge in [0.1, 0.15) is 11.1 Å². The second-order valence-electron chi connectivity index (χ2n) is 4.39. The first-order valence-corrected chi connectivity index (χ1v) is 6.48. The van der Waals surface area contributed by atoms with Gasteiger partial charge >= 0.3 is 5.97 Å². The van der Waals surface area contributed by atoms with E-state index in [2.05, 4.69) is 20.9 Å². The average Bonchev–Trinajstić information content (AvgIpc) is 3.12. The summed E-state index contributed by atoms with van der Waals surface area (Å²) < 4.78 is 0.644. The van der Waals surface area contributed by atoms with E-state index >= 15 is 0 Å². The molecule has 6 heteroatoms. The van der Waals surface area contributed by atoms with Crippen LogP contribution < -0.4 is 0 Å². The van der Waals surface area contributed by atoms with Crippen LogP contribution in [0.2, 0.25) is 0 Å². The topological polar surface area (TPSA) is 70.5 Å². The van der Waals surface area contributed by atoms with Gasteiger partial charge in [0, 0.05) is 12.7 Å². The van der Waals surface area contributed by atoms with Crippen LogP contribution in [0.15, 0.2) is 22.9 Å². The van der Waals surface area contributed by atoms with Crippen molar-refractivity contribution in [2.24, 2.45) is 5.92 Å². The first kappa shape index (κ1) is 13.0. The highest BCUT2D eigenvalue weighted by molar-refractivity contribution is 9.10. The SMILES string of the molecule is O=C(O)CN(CC1CC1)C(=O)c1ccc(Br)nc1.